The van der Waals surface area contributed by atoms with E-state index < -0.39 is 11.2 Å². The Balaban J connectivity index is 2.19. The summed E-state index contributed by atoms with van der Waals surface area (Å²) in [5, 5.41) is 9.39. The zero-order valence-electron chi connectivity index (χ0n) is 15.9. The van der Waals surface area contributed by atoms with E-state index in [9.17, 15) is 19.6 Å². The van der Waals surface area contributed by atoms with Crippen LogP contribution in [0, 0.1) is 11.3 Å². The van der Waals surface area contributed by atoms with Crippen LogP contribution in [0.25, 0.3) is 0 Å². The van der Waals surface area contributed by atoms with Crippen molar-refractivity contribution in [1.82, 2.24) is 18.9 Å². The molecule has 0 aliphatic carbocycles. The SMILES string of the molecule is CCN(CC)CC(=O)N1CCN(c2c(C#N)c(=O)n(C)c(=O)n2C)CC1. The fourth-order valence-corrected chi connectivity index (χ4v) is 3.21. The summed E-state index contributed by atoms with van der Waals surface area (Å²) in [4.78, 5) is 42.5. The van der Waals surface area contributed by atoms with Gasteiger partial charge in [-0.15, -0.1) is 0 Å². The van der Waals surface area contributed by atoms with Gasteiger partial charge in [0.1, 0.15) is 11.9 Å². The predicted molar refractivity (Wildman–Crippen MR) is 98.2 cm³/mol. The number of hydrogen-bond donors (Lipinski definition) is 0. The van der Waals surface area contributed by atoms with Crippen molar-refractivity contribution in [1.29, 1.82) is 5.26 Å². The van der Waals surface area contributed by atoms with Crippen LogP contribution in [0.15, 0.2) is 9.59 Å². The van der Waals surface area contributed by atoms with Gasteiger partial charge in [0, 0.05) is 40.3 Å². The number of nitrogens with zero attached hydrogens (tertiary/aromatic N) is 6. The van der Waals surface area contributed by atoms with Crippen molar-refractivity contribution in [2.45, 2.75) is 13.8 Å². The molecule has 142 valence electrons. The summed E-state index contributed by atoms with van der Waals surface area (Å²) in [7, 11) is 2.91. The van der Waals surface area contributed by atoms with Gasteiger partial charge in [-0.05, 0) is 13.1 Å². The molecule has 1 aromatic rings. The summed E-state index contributed by atoms with van der Waals surface area (Å²) in [6.07, 6.45) is 0. The van der Waals surface area contributed by atoms with E-state index in [1.165, 1.54) is 11.6 Å². The molecule has 2 rings (SSSR count). The van der Waals surface area contributed by atoms with Gasteiger partial charge in [0.25, 0.3) is 5.56 Å². The average Bonchev–Trinajstić information content (AvgIpc) is 2.67. The number of likely N-dealkylation sites (N-methyl/N-ethyl adjacent to an activating group) is 1. The number of anilines is 1. The van der Waals surface area contributed by atoms with Crippen molar-refractivity contribution in [2.75, 3.05) is 50.7 Å². The molecule has 1 saturated heterocycles. The molecule has 9 heteroatoms. The summed E-state index contributed by atoms with van der Waals surface area (Å²) in [6, 6.07) is 1.92. The molecule has 0 unspecified atom stereocenters. The quantitative estimate of drug-likeness (QED) is 0.663. The molecule has 1 aromatic heterocycles. The summed E-state index contributed by atoms with van der Waals surface area (Å²) in [5.41, 5.74) is -1.10. The van der Waals surface area contributed by atoms with Crippen LogP contribution in [0.2, 0.25) is 0 Å². The highest BCUT2D eigenvalue weighted by molar-refractivity contribution is 5.78. The van der Waals surface area contributed by atoms with Crippen LogP contribution in [0.3, 0.4) is 0 Å². The number of carbonyl (C=O) groups is 1. The molecule has 2 heterocycles. The molecular weight excluding hydrogens is 336 g/mol. The Morgan fingerprint density at radius 2 is 1.65 bits per heavy atom. The fraction of sp³-hybridized carbons (Fsp3) is 0.647. The van der Waals surface area contributed by atoms with Crippen molar-refractivity contribution in [3.8, 4) is 6.07 Å². The second-order valence-electron chi connectivity index (χ2n) is 6.35. The molecule has 1 fully saturated rings. The first-order chi connectivity index (χ1) is 12.3. The number of amides is 1. The molecular formula is C17H26N6O3. The van der Waals surface area contributed by atoms with E-state index in [1.807, 2.05) is 24.8 Å². The average molecular weight is 362 g/mol. The van der Waals surface area contributed by atoms with E-state index in [1.54, 1.807) is 11.9 Å². The Hall–Kier alpha value is -2.60. The van der Waals surface area contributed by atoms with Crippen molar-refractivity contribution >= 4 is 11.7 Å². The number of rotatable bonds is 5. The van der Waals surface area contributed by atoms with Crippen LogP contribution in [-0.2, 0) is 18.9 Å². The van der Waals surface area contributed by atoms with Gasteiger partial charge in [0.2, 0.25) is 5.91 Å². The predicted octanol–water partition coefficient (Wildman–Crippen LogP) is -1.05. The highest BCUT2D eigenvalue weighted by Crippen LogP contribution is 2.17. The van der Waals surface area contributed by atoms with Gasteiger partial charge in [-0.3, -0.25) is 23.6 Å². The summed E-state index contributed by atoms with van der Waals surface area (Å²) >= 11 is 0. The number of nitriles is 1. The Morgan fingerprint density at radius 1 is 1.08 bits per heavy atom. The molecule has 26 heavy (non-hydrogen) atoms. The second kappa shape index (κ2) is 8.19. The van der Waals surface area contributed by atoms with Crippen LogP contribution in [0.1, 0.15) is 19.4 Å². The largest absolute Gasteiger partial charge is 0.353 e. The summed E-state index contributed by atoms with van der Waals surface area (Å²) < 4.78 is 2.26. The topological polar surface area (TPSA) is 94.6 Å². The van der Waals surface area contributed by atoms with Crippen molar-refractivity contribution < 1.29 is 4.79 Å². The smallest absolute Gasteiger partial charge is 0.332 e. The monoisotopic (exact) mass is 362 g/mol. The van der Waals surface area contributed by atoms with Gasteiger partial charge < -0.3 is 9.80 Å². The van der Waals surface area contributed by atoms with Crippen LogP contribution in [-0.4, -0.2) is 70.7 Å². The maximum atomic E-state index is 12.4. The lowest BCUT2D eigenvalue weighted by molar-refractivity contribution is -0.132. The molecule has 1 amide bonds. The normalized spacial score (nSPS) is 14.6. The molecule has 1 aliphatic heterocycles. The Bertz CT molecular complexity index is 823. The van der Waals surface area contributed by atoms with Crippen LogP contribution in [0.4, 0.5) is 5.82 Å². The molecule has 0 radical (unpaired) electrons. The van der Waals surface area contributed by atoms with E-state index in [2.05, 4.69) is 4.90 Å². The molecule has 0 bridgehead atoms. The third kappa shape index (κ3) is 3.65. The lowest BCUT2D eigenvalue weighted by Gasteiger charge is -2.37. The van der Waals surface area contributed by atoms with Gasteiger partial charge in [-0.1, -0.05) is 13.8 Å². The van der Waals surface area contributed by atoms with E-state index in [0.717, 1.165) is 17.7 Å². The van der Waals surface area contributed by atoms with Crippen molar-refractivity contribution in [3.05, 3.63) is 26.4 Å². The molecule has 0 aromatic carbocycles. The number of aromatic nitrogens is 2. The second-order valence-corrected chi connectivity index (χ2v) is 6.35. The number of piperazine rings is 1. The highest BCUT2D eigenvalue weighted by Gasteiger charge is 2.26. The first kappa shape index (κ1) is 19.7. The third-order valence-corrected chi connectivity index (χ3v) is 4.93. The summed E-state index contributed by atoms with van der Waals surface area (Å²) in [5.74, 6) is 0.406. The minimum atomic E-state index is -0.592. The Labute approximate surface area is 152 Å². The highest BCUT2D eigenvalue weighted by atomic mass is 16.2. The first-order valence-electron chi connectivity index (χ1n) is 8.80. The van der Waals surface area contributed by atoms with E-state index in [0.29, 0.717) is 38.5 Å². The van der Waals surface area contributed by atoms with Gasteiger partial charge in [0.15, 0.2) is 5.56 Å². The van der Waals surface area contributed by atoms with Crippen LogP contribution >= 0.6 is 0 Å². The molecule has 9 nitrogen and oxygen atoms in total. The molecule has 0 saturated carbocycles. The van der Waals surface area contributed by atoms with Gasteiger partial charge in [0.05, 0.1) is 6.54 Å². The van der Waals surface area contributed by atoms with Crippen LogP contribution < -0.4 is 16.1 Å². The number of hydrogen-bond acceptors (Lipinski definition) is 6. The maximum absolute atomic E-state index is 12.4. The molecule has 0 spiro atoms. The first-order valence-corrected chi connectivity index (χ1v) is 8.80. The number of carbonyl (C=O) groups excluding carboxylic acids is 1. The Kier molecular flexibility index (Phi) is 6.21. The van der Waals surface area contributed by atoms with Gasteiger partial charge in [-0.2, -0.15) is 5.26 Å². The van der Waals surface area contributed by atoms with Crippen molar-refractivity contribution in [2.24, 2.45) is 14.1 Å². The van der Waals surface area contributed by atoms with Crippen molar-refractivity contribution in [3.63, 3.8) is 0 Å². The zero-order valence-corrected chi connectivity index (χ0v) is 15.9. The van der Waals surface area contributed by atoms with E-state index in [-0.39, 0.29) is 11.5 Å². The molecule has 0 atom stereocenters. The molecule has 0 N–H and O–H groups in total. The molecule has 1 aliphatic rings. The van der Waals surface area contributed by atoms with Crippen LogP contribution in [0.5, 0.6) is 0 Å². The zero-order chi connectivity index (χ0) is 19.4. The lowest BCUT2D eigenvalue weighted by Crippen LogP contribution is -2.53. The minimum Gasteiger partial charge on any atom is -0.353 e. The Morgan fingerprint density at radius 3 is 2.15 bits per heavy atom. The minimum absolute atomic E-state index is 0.0440. The fourth-order valence-electron chi connectivity index (χ4n) is 3.21. The standard InChI is InChI=1S/C17H26N6O3/c1-5-21(6-2)12-14(24)22-7-9-23(10-8-22)15-13(11-18)16(25)20(4)17(26)19(15)3/h5-10,12H2,1-4H3. The van der Waals surface area contributed by atoms with E-state index in [4.69, 9.17) is 0 Å². The summed E-state index contributed by atoms with van der Waals surface area (Å²) in [6.45, 7) is 8.01. The van der Waals surface area contributed by atoms with Gasteiger partial charge >= 0.3 is 5.69 Å². The lowest BCUT2D eigenvalue weighted by atomic mass is 10.2. The van der Waals surface area contributed by atoms with E-state index >= 15 is 0 Å². The maximum Gasteiger partial charge on any atom is 0.332 e. The van der Waals surface area contributed by atoms with Gasteiger partial charge in [-0.25, -0.2) is 4.79 Å². The third-order valence-electron chi connectivity index (χ3n) is 4.93.